The van der Waals surface area contributed by atoms with E-state index < -0.39 is 17.4 Å². The van der Waals surface area contributed by atoms with Crippen molar-refractivity contribution >= 4 is 54.0 Å². The first kappa shape index (κ1) is 37.7. The van der Waals surface area contributed by atoms with Crippen molar-refractivity contribution in [3.05, 3.63) is 234 Å². The Hall–Kier alpha value is -4.04. The number of benzene rings is 6. The summed E-state index contributed by atoms with van der Waals surface area (Å²) in [5, 5.41) is 0. The molecule has 0 fully saturated rings. The van der Waals surface area contributed by atoms with Crippen LogP contribution in [0.1, 0.15) is 45.2 Å². The Morgan fingerprint density at radius 1 is 0.365 bits per heavy atom. The third kappa shape index (κ3) is 6.91. The van der Waals surface area contributed by atoms with E-state index in [2.05, 4.69) is 210 Å². The molecule has 0 spiro atoms. The second kappa shape index (κ2) is 15.5. The second-order valence-electron chi connectivity index (χ2n) is 14.7. The van der Waals surface area contributed by atoms with Gasteiger partial charge in [-0.15, -0.1) is 24.8 Å². The van der Waals surface area contributed by atoms with E-state index in [-0.39, 0.29) is 36.6 Å². The SMILES string of the molecule is Cl.Cl.[CH3][Zr]([CH3])(=[SiH2])([C]1=C(c2ccccc2)C(c2ccccc2)=CC1c1ccccc1)[C]1=C(c2ccccc2)C(c2ccccc2)=CC1c1ccccc1. The maximum absolute atomic E-state index is 4.32. The maximum atomic E-state index is 2.73. The van der Waals surface area contributed by atoms with Crippen LogP contribution >= 0.6 is 24.8 Å². The fraction of sp³-hybridized carbons (Fsp3) is 0.0833. The predicted molar refractivity (Wildman–Crippen MR) is 229 cm³/mol. The van der Waals surface area contributed by atoms with Crippen LogP contribution in [0.5, 0.6) is 0 Å². The van der Waals surface area contributed by atoms with Crippen molar-refractivity contribution in [3.63, 3.8) is 0 Å². The van der Waals surface area contributed by atoms with E-state index in [1.165, 1.54) is 55.7 Å². The average Bonchev–Trinajstić information content (AvgIpc) is 3.80. The van der Waals surface area contributed by atoms with Gasteiger partial charge < -0.3 is 0 Å². The van der Waals surface area contributed by atoms with Crippen molar-refractivity contribution in [2.75, 3.05) is 0 Å². The summed E-state index contributed by atoms with van der Waals surface area (Å²) >= 11 is -4.32. The molecule has 0 nitrogen and oxygen atoms in total. The van der Waals surface area contributed by atoms with Gasteiger partial charge in [-0.05, 0) is 0 Å². The Morgan fingerprint density at radius 3 is 0.904 bits per heavy atom. The summed E-state index contributed by atoms with van der Waals surface area (Å²) in [5.74, 6) is 0.336. The van der Waals surface area contributed by atoms with Gasteiger partial charge in [0, 0.05) is 0 Å². The number of allylic oxidation sites excluding steroid dienone is 8. The van der Waals surface area contributed by atoms with Crippen LogP contribution in [0.15, 0.2) is 201 Å². The summed E-state index contributed by atoms with van der Waals surface area (Å²) in [5.41, 5.74) is 13.5. The van der Waals surface area contributed by atoms with Crippen LogP contribution in [-0.2, 0) is 17.4 Å². The second-order valence-corrected chi connectivity index (χ2v) is 43.1. The van der Waals surface area contributed by atoms with Gasteiger partial charge in [0.15, 0.2) is 0 Å². The quantitative estimate of drug-likeness (QED) is 0.134. The Kier molecular flexibility index (Phi) is 11.3. The molecule has 0 radical (unpaired) electrons. The molecule has 2 aliphatic carbocycles. The van der Waals surface area contributed by atoms with Crippen molar-refractivity contribution in [1.82, 2.24) is 0 Å². The number of halogens is 2. The van der Waals surface area contributed by atoms with Crippen LogP contribution in [0, 0.1) is 0 Å². The molecule has 0 amide bonds. The van der Waals surface area contributed by atoms with E-state index in [0.717, 1.165) is 0 Å². The van der Waals surface area contributed by atoms with E-state index in [0.29, 0.717) is 0 Å². The van der Waals surface area contributed by atoms with E-state index in [4.69, 9.17) is 0 Å². The standard InChI is InChI=1S/2C23H17.2CH3.2ClH.H2Si.Zr/c2*1-4-10-18(11-5-1)21-16-22(19-12-6-2-7-13-19)23(17-21)20-14-8-3-9-15-20;;;;;;/h2*1-16,21H;2*1H3;2*1H;1H2;. The molecule has 2 aliphatic rings. The molecule has 4 heteroatoms. The summed E-state index contributed by atoms with van der Waals surface area (Å²) < 4.78 is 8.75. The van der Waals surface area contributed by atoms with Gasteiger partial charge in [0.05, 0.1) is 0 Å². The summed E-state index contributed by atoms with van der Waals surface area (Å²) in [6.45, 7) is 2.39. The van der Waals surface area contributed by atoms with Gasteiger partial charge in [-0.3, -0.25) is 0 Å². The van der Waals surface area contributed by atoms with Crippen molar-refractivity contribution in [1.29, 1.82) is 0 Å². The molecule has 0 aromatic heterocycles. The van der Waals surface area contributed by atoms with Crippen LogP contribution in [0.4, 0.5) is 0 Å². The van der Waals surface area contributed by atoms with Crippen molar-refractivity contribution in [2.45, 2.75) is 21.1 Å². The summed E-state index contributed by atoms with van der Waals surface area (Å²) in [7, 11) is 0. The minimum atomic E-state index is -4.32. The third-order valence-electron chi connectivity index (χ3n) is 10.7. The van der Waals surface area contributed by atoms with Crippen molar-refractivity contribution in [3.8, 4) is 0 Å². The average molecular weight is 811 g/mol. The number of hydrogen-bond acceptors (Lipinski definition) is 0. The molecule has 0 saturated heterocycles. The van der Waals surface area contributed by atoms with E-state index in [1.54, 1.807) is 6.56 Å². The molecule has 0 heterocycles. The molecule has 6 aromatic rings. The molecular formula is C48H44Cl2SiZr. The van der Waals surface area contributed by atoms with Crippen LogP contribution in [0.3, 0.4) is 0 Å². The predicted octanol–water partition coefficient (Wildman–Crippen LogP) is 12.7. The van der Waals surface area contributed by atoms with Gasteiger partial charge in [0.2, 0.25) is 0 Å². The van der Waals surface area contributed by atoms with Crippen LogP contribution in [0.2, 0.25) is 9.26 Å². The first-order chi connectivity index (χ1) is 24.4. The zero-order chi connectivity index (χ0) is 34.2. The molecule has 52 heavy (non-hydrogen) atoms. The first-order valence-corrected chi connectivity index (χ1v) is 31.0. The Morgan fingerprint density at radius 2 is 0.615 bits per heavy atom. The monoisotopic (exact) mass is 808 g/mol. The fourth-order valence-electron chi connectivity index (χ4n) is 8.61. The summed E-state index contributed by atoms with van der Waals surface area (Å²) in [4.78, 5) is 0. The Bertz CT molecular complexity index is 2190. The van der Waals surface area contributed by atoms with E-state index in [1.807, 2.05) is 0 Å². The molecule has 258 valence electrons. The van der Waals surface area contributed by atoms with Gasteiger partial charge in [0.1, 0.15) is 0 Å². The minimum absolute atomic E-state index is 0. The molecule has 0 bridgehead atoms. The molecular weight excluding hydrogens is 767 g/mol. The molecule has 8 rings (SSSR count). The molecule has 0 aliphatic heterocycles. The number of hydrogen-bond donors (Lipinski definition) is 0. The van der Waals surface area contributed by atoms with Gasteiger partial charge in [0.25, 0.3) is 0 Å². The summed E-state index contributed by atoms with van der Waals surface area (Å²) in [6.07, 6.45) is 5.19. The molecule has 2 atom stereocenters. The van der Waals surface area contributed by atoms with Crippen LogP contribution in [-0.4, -0.2) is 6.88 Å². The van der Waals surface area contributed by atoms with E-state index >= 15 is 0 Å². The Labute approximate surface area is 324 Å². The molecule has 0 saturated carbocycles. The molecule has 6 aromatic carbocycles. The Balaban J connectivity index is 0.00000232. The third-order valence-corrected chi connectivity index (χ3v) is 26.5. The van der Waals surface area contributed by atoms with Crippen molar-refractivity contribution < 1.29 is 17.4 Å². The molecule has 0 N–H and O–H groups in total. The zero-order valence-electron chi connectivity index (χ0n) is 29.7. The van der Waals surface area contributed by atoms with Crippen molar-refractivity contribution in [2.24, 2.45) is 0 Å². The van der Waals surface area contributed by atoms with Gasteiger partial charge in [-0.1, -0.05) is 0 Å². The van der Waals surface area contributed by atoms with Gasteiger partial charge >= 0.3 is 302 Å². The van der Waals surface area contributed by atoms with Gasteiger partial charge in [-0.25, -0.2) is 0 Å². The zero-order valence-corrected chi connectivity index (χ0v) is 35.2. The first-order valence-electron chi connectivity index (χ1n) is 17.7. The number of rotatable bonds is 8. The van der Waals surface area contributed by atoms with E-state index in [9.17, 15) is 0 Å². The topological polar surface area (TPSA) is 0 Å². The summed E-state index contributed by atoms with van der Waals surface area (Å²) in [6, 6.07) is 67.1. The van der Waals surface area contributed by atoms with Crippen LogP contribution in [0.25, 0.3) is 22.3 Å². The normalized spacial score (nSPS) is 17.2. The molecule has 2 unspecified atom stereocenters. The fourth-order valence-corrected chi connectivity index (χ4v) is 25.5. The van der Waals surface area contributed by atoms with Gasteiger partial charge in [-0.2, -0.15) is 0 Å². The van der Waals surface area contributed by atoms with Crippen LogP contribution < -0.4 is 0 Å².